The molecule has 3 aromatic rings. The maximum atomic E-state index is 12.6. The van der Waals surface area contributed by atoms with Crippen molar-refractivity contribution in [2.45, 2.75) is 19.9 Å². The van der Waals surface area contributed by atoms with Crippen LogP contribution in [0.5, 0.6) is 11.5 Å². The fourth-order valence-corrected chi connectivity index (χ4v) is 3.57. The molecule has 0 atom stereocenters. The van der Waals surface area contributed by atoms with Gasteiger partial charge in [0.15, 0.2) is 0 Å². The molecule has 1 fully saturated rings. The molecule has 150 valence electrons. The van der Waals surface area contributed by atoms with Crippen LogP contribution in [0, 0.1) is 6.92 Å². The maximum absolute atomic E-state index is 12.6. The number of nitrogens with zero attached hydrogens (tertiary/aromatic N) is 4. The van der Waals surface area contributed by atoms with E-state index in [1.54, 1.807) is 12.4 Å². The fourth-order valence-electron chi connectivity index (χ4n) is 3.57. The van der Waals surface area contributed by atoms with E-state index in [9.17, 15) is 4.79 Å². The summed E-state index contributed by atoms with van der Waals surface area (Å²) in [6, 6.07) is 18.0. The summed E-state index contributed by atoms with van der Waals surface area (Å²) in [5.74, 6) is 1.68. The summed E-state index contributed by atoms with van der Waals surface area (Å²) in [7, 11) is 0. The summed E-state index contributed by atoms with van der Waals surface area (Å²) in [6.07, 6.45) is 4.45. The normalized spacial score (nSPS) is 15.1. The van der Waals surface area contributed by atoms with E-state index in [0.717, 1.165) is 49.7 Å². The van der Waals surface area contributed by atoms with Crippen molar-refractivity contribution in [2.75, 3.05) is 26.2 Å². The first-order valence-corrected chi connectivity index (χ1v) is 10.0. The van der Waals surface area contributed by atoms with E-state index in [2.05, 4.69) is 22.1 Å². The molecule has 0 radical (unpaired) electrons. The third-order valence-electron chi connectivity index (χ3n) is 5.05. The Hall–Kier alpha value is -3.12. The Morgan fingerprint density at radius 1 is 1.00 bits per heavy atom. The van der Waals surface area contributed by atoms with Crippen molar-refractivity contribution in [3.05, 3.63) is 78.1 Å². The lowest BCUT2D eigenvalue weighted by molar-refractivity contribution is 0.196. The van der Waals surface area contributed by atoms with Crippen molar-refractivity contribution >= 4 is 6.03 Å². The molecule has 4 rings (SSSR count). The maximum Gasteiger partial charge on any atom is 0.344 e. The monoisotopic (exact) mass is 390 g/mol. The number of amides is 1. The Morgan fingerprint density at radius 3 is 2.62 bits per heavy atom. The summed E-state index contributed by atoms with van der Waals surface area (Å²) in [6.45, 7) is 6.05. The van der Waals surface area contributed by atoms with Crippen molar-refractivity contribution in [1.82, 2.24) is 19.6 Å². The topological polar surface area (TPSA) is 50.6 Å². The van der Waals surface area contributed by atoms with E-state index in [4.69, 9.17) is 4.74 Å². The van der Waals surface area contributed by atoms with E-state index in [1.165, 1.54) is 10.2 Å². The number of ether oxygens (including phenoxy) is 1. The molecule has 0 bridgehead atoms. The van der Waals surface area contributed by atoms with Crippen LogP contribution in [0.1, 0.15) is 17.5 Å². The minimum absolute atomic E-state index is 0.0433. The molecular weight excluding hydrogens is 364 g/mol. The summed E-state index contributed by atoms with van der Waals surface area (Å²) < 4.78 is 7.39. The lowest BCUT2D eigenvalue weighted by atomic mass is 10.2. The molecule has 29 heavy (non-hydrogen) atoms. The highest BCUT2D eigenvalue weighted by molar-refractivity contribution is 5.76. The average molecular weight is 390 g/mol. The van der Waals surface area contributed by atoms with Crippen molar-refractivity contribution in [1.29, 1.82) is 0 Å². The highest BCUT2D eigenvalue weighted by Gasteiger charge is 2.21. The van der Waals surface area contributed by atoms with Gasteiger partial charge in [-0.05, 0) is 48.7 Å². The van der Waals surface area contributed by atoms with Crippen LogP contribution in [-0.2, 0) is 6.54 Å². The molecule has 0 unspecified atom stereocenters. The van der Waals surface area contributed by atoms with Gasteiger partial charge in [0.2, 0.25) is 0 Å². The number of carbonyl (C=O) groups excluding carboxylic acids is 1. The van der Waals surface area contributed by atoms with Gasteiger partial charge in [-0.15, -0.1) is 0 Å². The molecule has 1 aliphatic heterocycles. The number of hydrogen-bond donors (Lipinski definition) is 0. The zero-order valence-corrected chi connectivity index (χ0v) is 16.7. The Balaban J connectivity index is 1.35. The van der Waals surface area contributed by atoms with E-state index in [1.807, 2.05) is 54.3 Å². The van der Waals surface area contributed by atoms with Gasteiger partial charge in [-0.3, -0.25) is 4.90 Å². The van der Waals surface area contributed by atoms with Gasteiger partial charge in [0, 0.05) is 38.9 Å². The molecule has 2 heterocycles. The van der Waals surface area contributed by atoms with Crippen molar-refractivity contribution < 1.29 is 9.53 Å². The number of rotatable bonds is 4. The van der Waals surface area contributed by atoms with Gasteiger partial charge in [0.25, 0.3) is 0 Å². The van der Waals surface area contributed by atoms with Crippen molar-refractivity contribution in [3.63, 3.8) is 0 Å². The highest BCUT2D eigenvalue weighted by atomic mass is 16.5. The first-order valence-electron chi connectivity index (χ1n) is 10.0. The number of para-hydroxylation sites is 1. The molecule has 6 nitrogen and oxygen atoms in total. The second kappa shape index (κ2) is 8.92. The number of aryl methyl sites for hydroxylation is 1. The zero-order chi connectivity index (χ0) is 20.1. The van der Waals surface area contributed by atoms with E-state index in [0.29, 0.717) is 6.54 Å². The number of benzene rings is 2. The second-order valence-corrected chi connectivity index (χ2v) is 7.42. The second-order valence-electron chi connectivity index (χ2n) is 7.42. The van der Waals surface area contributed by atoms with Gasteiger partial charge < -0.3 is 9.64 Å². The molecule has 1 aromatic heterocycles. The van der Waals surface area contributed by atoms with Crippen LogP contribution < -0.4 is 4.74 Å². The number of hydrogen-bond acceptors (Lipinski definition) is 4. The zero-order valence-electron chi connectivity index (χ0n) is 16.7. The SMILES string of the molecule is Cc1cnn(C(=O)N2CCCN(Cc3cccc(Oc4ccccc4)c3)CC2)c1. The molecule has 1 saturated heterocycles. The molecule has 2 aromatic carbocycles. The van der Waals surface area contributed by atoms with Gasteiger partial charge in [-0.1, -0.05) is 30.3 Å². The van der Waals surface area contributed by atoms with Crippen LogP contribution in [0.15, 0.2) is 67.0 Å². The standard InChI is InChI=1S/C23H26N4O2/c1-19-16-24-27(17-19)23(28)26-12-6-11-25(13-14-26)18-20-7-5-10-22(15-20)29-21-8-3-2-4-9-21/h2-5,7-10,15-17H,6,11-14,18H2,1H3. The summed E-state index contributed by atoms with van der Waals surface area (Å²) in [5.41, 5.74) is 2.20. The lowest BCUT2D eigenvalue weighted by Crippen LogP contribution is -2.38. The molecule has 6 heteroatoms. The molecule has 0 aliphatic carbocycles. The van der Waals surface area contributed by atoms with Gasteiger partial charge in [0.05, 0.1) is 6.20 Å². The average Bonchev–Trinajstić information content (AvgIpc) is 3.03. The smallest absolute Gasteiger partial charge is 0.344 e. The highest BCUT2D eigenvalue weighted by Crippen LogP contribution is 2.22. The van der Waals surface area contributed by atoms with Crippen LogP contribution in [-0.4, -0.2) is 51.8 Å². The first-order chi connectivity index (χ1) is 14.2. The quantitative estimate of drug-likeness (QED) is 0.671. The lowest BCUT2D eigenvalue weighted by Gasteiger charge is -2.22. The van der Waals surface area contributed by atoms with E-state index >= 15 is 0 Å². The first kappa shape index (κ1) is 19.2. The molecule has 0 spiro atoms. The molecule has 1 amide bonds. The Kier molecular flexibility index (Phi) is 5.91. The van der Waals surface area contributed by atoms with Crippen molar-refractivity contribution in [2.24, 2.45) is 0 Å². The van der Waals surface area contributed by atoms with Crippen LogP contribution in [0.2, 0.25) is 0 Å². The summed E-state index contributed by atoms with van der Waals surface area (Å²) >= 11 is 0. The van der Waals surface area contributed by atoms with Crippen LogP contribution in [0.3, 0.4) is 0 Å². The number of carbonyl (C=O) groups is 1. The van der Waals surface area contributed by atoms with Crippen LogP contribution in [0.25, 0.3) is 0 Å². The minimum atomic E-state index is -0.0433. The third kappa shape index (κ3) is 5.03. The van der Waals surface area contributed by atoms with Gasteiger partial charge in [0.1, 0.15) is 11.5 Å². The predicted octanol–water partition coefficient (Wildman–Crippen LogP) is 4.16. The molecule has 0 saturated carbocycles. The summed E-state index contributed by atoms with van der Waals surface area (Å²) in [4.78, 5) is 16.9. The Morgan fingerprint density at radius 2 is 1.83 bits per heavy atom. The van der Waals surface area contributed by atoms with Gasteiger partial charge in [-0.2, -0.15) is 9.78 Å². The largest absolute Gasteiger partial charge is 0.457 e. The fraction of sp³-hybridized carbons (Fsp3) is 0.304. The van der Waals surface area contributed by atoms with Crippen LogP contribution >= 0.6 is 0 Å². The van der Waals surface area contributed by atoms with Crippen molar-refractivity contribution in [3.8, 4) is 11.5 Å². The Labute approximate surface area is 171 Å². The third-order valence-corrected chi connectivity index (χ3v) is 5.05. The predicted molar refractivity (Wildman–Crippen MR) is 112 cm³/mol. The van der Waals surface area contributed by atoms with E-state index in [-0.39, 0.29) is 6.03 Å². The summed E-state index contributed by atoms with van der Waals surface area (Å²) in [5, 5.41) is 4.15. The Bertz CT molecular complexity index is 954. The molecular formula is C23H26N4O2. The van der Waals surface area contributed by atoms with Gasteiger partial charge >= 0.3 is 6.03 Å². The van der Waals surface area contributed by atoms with Gasteiger partial charge in [-0.25, -0.2) is 4.79 Å². The van der Waals surface area contributed by atoms with E-state index < -0.39 is 0 Å². The minimum Gasteiger partial charge on any atom is -0.457 e. The number of aromatic nitrogens is 2. The molecule has 0 N–H and O–H groups in total. The molecule has 1 aliphatic rings. The van der Waals surface area contributed by atoms with Crippen LogP contribution in [0.4, 0.5) is 4.79 Å².